The number of nitrogens with two attached hydrogens (primary N) is 1. The topological polar surface area (TPSA) is 103 Å². The highest BCUT2D eigenvalue weighted by atomic mass is 19.1. The molecule has 5 rings (SSSR count). The van der Waals surface area contributed by atoms with E-state index in [4.69, 9.17) is 5.73 Å². The number of carbonyl (C=O) groups is 1. The van der Waals surface area contributed by atoms with Crippen LogP contribution in [0.4, 0.5) is 14.6 Å². The molecule has 0 radical (unpaired) electrons. The maximum atomic E-state index is 14.2. The van der Waals surface area contributed by atoms with Crippen molar-refractivity contribution in [1.29, 1.82) is 0 Å². The second kappa shape index (κ2) is 7.95. The molecule has 4 aromatic rings. The van der Waals surface area contributed by atoms with Crippen LogP contribution in [-0.4, -0.2) is 48.6 Å². The number of likely N-dealkylation sites (tertiary alicyclic amines) is 1. The van der Waals surface area contributed by atoms with Gasteiger partial charge in [0.05, 0.1) is 18.1 Å². The maximum Gasteiger partial charge on any atom is 0.259 e. The van der Waals surface area contributed by atoms with Crippen LogP contribution in [0.1, 0.15) is 28.8 Å². The summed E-state index contributed by atoms with van der Waals surface area (Å²) in [5.41, 5.74) is 7.30. The van der Waals surface area contributed by atoms with Crippen molar-refractivity contribution < 1.29 is 13.6 Å². The quantitative estimate of drug-likeness (QED) is 0.529. The maximum absolute atomic E-state index is 14.2. The van der Waals surface area contributed by atoms with E-state index in [-0.39, 0.29) is 41.2 Å². The van der Waals surface area contributed by atoms with Crippen LogP contribution >= 0.6 is 0 Å². The molecule has 1 amide bonds. The van der Waals surface area contributed by atoms with Gasteiger partial charge in [0.25, 0.3) is 5.91 Å². The molecule has 0 bridgehead atoms. The number of carbonyl (C=O) groups excluding carboxylic acids is 1. The normalized spacial score (nSPS) is 13.8. The van der Waals surface area contributed by atoms with Crippen LogP contribution in [0, 0.1) is 11.6 Å². The van der Waals surface area contributed by atoms with Crippen molar-refractivity contribution in [1.82, 2.24) is 29.6 Å². The Morgan fingerprint density at radius 3 is 2.62 bits per heavy atom. The molecule has 1 fully saturated rings. The molecule has 3 aromatic heterocycles. The van der Waals surface area contributed by atoms with Gasteiger partial charge in [0.1, 0.15) is 28.7 Å². The van der Waals surface area contributed by atoms with Gasteiger partial charge in [-0.25, -0.2) is 28.4 Å². The van der Waals surface area contributed by atoms with E-state index in [1.807, 2.05) is 0 Å². The number of fused-ring (bicyclic) bond motifs is 1. The van der Waals surface area contributed by atoms with Gasteiger partial charge in [-0.05, 0) is 25.0 Å². The van der Waals surface area contributed by atoms with Crippen LogP contribution in [0.2, 0.25) is 0 Å². The highest BCUT2D eigenvalue weighted by molar-refractivity contribution is 5.98. The molecule has 0 saturated carbocycles. The summed E-state index contributed by atoms with van der Waals surface area (Å²) >= 11 is 0. The molecule has 10 heteroatoms. The number of aromatic nitrogens is 5. The summed E-state index contributed by atoms with van der Waals surface area (Å²) in [5, 5.41) is 4.84. The summed E-state index contributed by atoms with van der Waals surface area (Å²) in [6, 6.07) is 7.58. The van der Waals surface area contributed by atoms with Crippen molar-refractivity contribution in [2.75, 3.05) is 18.8 Å². The highest BCUT2D eigenvalue weighted by Gasteiger charge is 2.24. The van der Waals surface area contributed by atoms with E-state index in [0.717, 1.165) is 19.0 Å². The van der Waals surface area contributed by atoms with Crippen molar-refractivity contribution >= 4 is 22.8 Å². The Labute approximate surface area is 181 Å². The number of rotatable bonds is 4. The summed E-state index contributed by atoms with van der Waals surface area (Å²) in [6.45, 7) is 1.44. The van der Waals surface area contributed by atoms with E-state index in [0.29, 0.717) is 29.7 Å². The van der Waals surface area contributed by atoms with E-state index in [2.05, 4.69) is 20.1 Å². The molecule has 2 N–H and O–H groups in total. The van der Waals surface area contributed by atoms with Crippen molar-refractivity contribution in [3.05, 3.63) is 65.5 Å². The molecule has 8 nitrogen and oxygen atoms in total. The SMILES string of the molecule is Nc1nc(-c2nn(Cc3ccccc3F)c3ncc(F)cc23)ncc1C(=O)N1CCCC1. The number of nitrogen functional groups attached to an aromatic ring is 1. The number of hydrogen-bond acceptors (Lipinski definition) is 6. The standard InChI is InChI=1S/C22H19F2N7O/c23-14-9-15-18(20-26-11-16(19(25)28-20)22(32)30-7-3-4-8-30)29-31(21(15)27-10-14)12-13-5-1-2-6-17(13)24/h1-2,5-6,9-11H,3-4,7-8,12H2,(H2,25,26,28). The zero-order valence-electron chi connectivity index (χ0n) is 17.0. The lowest BCUT2D eigenvalue weighted by Gasteiger charge is -2.15. The molecule has 32 heavy (non-hydrogen) atoms. The summed E-state index contributed by atoms with van der Waals surface area (Å²) in [7, 11) is 0. The van der Waals surface area contributed by atoms with Crippen LogP contribution in [0.25, 0.3) is 22.6 Å². The van der Waals surface area contributed by atoms with Gasteiger partial charge in [0.15, 0.2) is 11.5 Å². The Hall–Kier alpha value is -3.95. The van der Waals surface area contributed by atoms with Crippen molar-refractivity contribution in [3.63, 3.8) is 0 Å². The van der Waals surface area contributed by atoms with E-state index in [9.17, 15) is 13.6 Å². The van der Waals surface area contributed by atoms with Crippen molar-refractivity contribution in [2.45, 2.75) is 19.4 Å². The lowest BCUT2D eigenvalue weighted by molar-refractivity contribution is 0.0793. The smallest absolute Gasteiger partial charge is 0.259 e. The van der Waals surface area contributed by atoms with Gasteiger partial charge in [-0.1, -0.05) is 18.2 Å². The molecule has 4 heterocycles. The highest BCUT2D eigenvalue weighted by Crippen LogP contribution is 2.27. The third-order valence-corrected chi connectivity index (χ3v) is 5.49. The van der Waals surface area contributed by atoms with Crippen LogP contribution in [-0.2, 0) is 6.54 Å². The Kier molecular flexibility index (Phi) is 4.96. The first-order valence-corrected chi connectivity index (χ1v) is 10.2. The summed E-state index contributed by atoms with van der Waals surface area (Å²) < 4.78 is 29.6. The fraction of sp³-hybridized carbons (Fsp3) is 0.227. The number of hydrogen-bond donors (Lipinski definition) is 1. The molecular weight excluding hydrogens is 416 g/mol. The number of amides is 1. The molecular formula is C22H19F2N7O. The number of benzene rings is 1. The number of nitrogens with zero attached hydrogens (tertiary/aromatic N) is 6. The Balaban J connectivity index is 1.56. The van der Waals surface area contributed by atoms with E-state index < -0.39 is 5.82 Å². The lowest BCUT2D eigenvalue weighted by atomic mass is 10.2. The second-order valence-corrected chi connectivity index (χ2v) is 7.61. The van der Waals surface area contributed by atoms with Crippen molar-refractivity contribution in [3.8, 4) is 11.5 Å². The Morgan fingerprint density at radius 1 is 1.09 bits per heavy atom. The zero-order valence-corrected chi connectivity index (χ0v) is 17.0. The molecule has 1 saturated heterocycles. The van der Waals surface area contributed by atoms with Crippen LogP contribution in [0.3, 0.4) is 0 Å². The predicted molar refractivity (Wildman–Crippen MR) is 114 cm³/mol. The Morgan fingerprint density at radius 2 is 1.88 bits per heavy atom. The van der Waals surface area contributed by atoms with Gasteiger partial charge in [0.2, 0.25) is 0 Å². The molecule has 0 spiro atoms. The van der Waals surface area contributed by atoms with Crippen LogP contribution in [0.15, 0.2) is 42.7 Å². The zero-order chi connectivity index (χ0) is 22.2. The summed E-state index contributed by atoms with van der Waals surface area (Å²) in [4.78, 5) is 27.1. The number of anilines is 1. The first-order valence-electron chi connectivity index (χ1n) is 10.2. The van der Waals surface area contributed by atoms with Gasteiger partial charge in [0, 0.05) is 24.8 Å². The molecule has 0 unspecified atom stereocenters. The fourth-order valence-electron chi connectivity index (χ4n) is 3.86. The van der Waals surface area contributed by atoms with Crippen LogP contribution < -0.4 is 5.73 Å². The fourth-order valence-corrected chi connectivity index (χ4v) is 3.86. The molecule has 0 atom stereocenters. The van der Waals surface area contributed by atoms with Crippen LogP contribution in [0.5, 0.6) is 0 Å². The predicted octanol–water partition coefficient (Wildman–Crippen LogP) is 3.03. The minimum Gasteiger partial charge on any atom is -0.383 e. The van der Waals surface area contributed by atoms with Gasteiger partial charge in [-0.3, -0.25) is 4.79 Å². The first kappa shape index (κ1) is 20.0. The molecule has 0 aliphatic carbocycles. The van der Waals surface area contributed by atoms with Gasteiger partial charge < -0.3 is 10.6 Å². The number of pyridine rings is 1. The van der Waals surface area contributed by atoms with E-state index in [1.54, 1.807) is 23.1 Å². The monoisotopic (exact) mass is 435 g/mol. The third kappa shape index (κ3) is 3.53. The summed E-state index contributed by atoms with van der Waals surface area (Å²) in [6.07, 6.45) is 4.34. The lowest BCUT2D eigenvalue weighted by Crippen LogP contribution is -2.28. The minimum atomic E-state index is -0.557. The second-order valence-electron chi connectivity index (χ2n) is 7.61. The van der Waals surface area contributed by atoms with Gasteiger partial charge in [-0.15, -0.1) is 0 Å². The minimum absolute atomic E-state index is 0.0214. The largest absolute Gasteiger partial charge is 0.383 e. The van der Waals surface area contributed by atoms with Crippen molar-refractivity contribution in [2.24, 2.45) is 0 Å². The Bertz CT molecular complexity index is 1330. The van der Waals surface area contributed by atoms with E-state index in [1.165, 1.54) is 23.0 Å². The van der Waals surface area contributed by atoms with Gasteiger partial charge in [-0.2, -0.15) is 5.10 Å². The molecule has 162 valence electrons. The van der Waals surface area contributed by atoms with E-state index >= 15 is 0 Å². The average Bonchev–Trinajstić information content (AvgIpc) is 3.43. The molecule has 1 aromatic carbocycles. The molecule has 1 aliphatic heterocycles. The molecule has 1 aliphatic rings. The summed E-state index contributed by atoms with van der Waals surface area (Å²) in [5.74, 6) is -1.00. The van der Waals surface area contributed by atoms with Gasteiger partial charge >= 0.3 is 0 Å². The first-order chi connectivity index (χ1) is 15.5. The number of halogens is 2. The average molecular weight is 435 g/mol. The third-order valence-electron chi connectivity index (χ3n) is 5.49.